The van der Waals surface area contributed by atoms with E-state index < -0.39 is 17.8 Å². The molecule has 0 unspecified atom stereocenters. The third kappa shape index (κ3) is 8.04. The molecule has 4 rings (SSSR count). The molecule has 3 aromatic carbocycles. The first-order chi connectivity index (χ1) is 19.0. The minimum atomic E-state index is -0.963. The number of anilines is 1. The highest BCUT2D eigenvalue weighted by Gasteiger charge is 2.16. The van der Waals surface area contributed by atoms with Crippen LogP contribution in [-0.4, -0.2) is 40.8 Å². The van der Waals surface area contributed by atoms with Gasteiger partial charge in [0.2, 0.25) is 5.13 Å². The summed E-state index contributed by atoms with van der Waals surface area (Å²) in [6.07, 6.45) is 3.36. The molecule has 0 aliphatic rings. The summed E-state index contributed by atoms with van der Waals surface area (Å²) in [5.41, 5.74) is 4.02. The number of ether oxygens (including phenoxy) is 2. The Bertz CT molecular complexity index is 1440. The summed E-state index contributed by atoms with van der Waals surface area (Å²) in [4.78, 5) is 36.6. The molecule has 10 nitrogen and oxygen atoms in total. The van der Waals surface area contributed by atoms with E-state index in [1.54, 1.807) is 48.5 Å². The van der Waals surface area contributed by atoms with Gasteiger partial charge in [-0.1, -0.05) is 55.0 Å². The van der Waals surface area contributed by atoms with Crippen molar-refractivity contribution in [2.45, 2.75) is 19.8 Å². The maximum atomic E-state index is 12.4. The smallest absolute Gasteiger partial charge is 0.343 e. The summed E-state index contributed by atoms with van der Waals surface area (Å²) in [5.74, 6) is -1.34. The summed E-state index contributed by atoms with van der Waals surface area (Å²) >= 11 is 1.15. The van der Waals surface area contributed by atoms with Crippen LogP contribution in [0.5, 0.6) is 11.5 Å². The summed E-state index contributed by atoms with van der Waals surface area (Å²) in [7, 11) is 0. The number of unbranched alkanes of at least 4 members (excludes halogenated alkanes) is 1. The van der Waals surface area contributed by atoms with E-state index in [9.17, 15) is 14.4 Å². The first kappa shape index (κ1) is 27.1. The molecular formula is C28H25N5O5S. The van der Waals surface area contributed by atoms with E-state index >= 15 is 0 Å². The van der Waals surface area contributed by atoms with Crippen LogP contribution in [0.4, 0.5) is 5.13 Å². The largest absolute Gasteiger partial charge is 0.494 e. The van der Waals surface area contributed by atoms with Crippen LogP contribution in [0.25, 0.3) is 10.6 Å². The normalized spacial score (nSPS) is 10.7. The molecule has 0 spiro atoms. The third-order valence-electron chi connectivity index (χ3n) is 5.20. The van der Waals surface area contributed by atoms with Crippen molar-refractivity contribution < 1.29 is 23.9 Å². The Morgan fingerprint density at radius 2 is 1.62 bits per heavy atom. The molecule has 1 heterocycles. The zero-order valence-electron chi connectivity index (χ0n) is 21.0. The van der Waals surface area contributed by atoms with E-state index in [1.807, 2.05) is 30.3 Å². The lowest BCUT2D eigenvalue weighted by Gasteiger charge is -2.07. The number of hydrazone groups is 1. The number of nitrogens with zero attached hydrogens (tertiary/aromatic N) is 3. The Morgan fingerprint density at radius 1 is 0.897 bits per heavy atom. The van der Waals surface area contributed by atoms with Gasteiger partial charge in [-0.15, -0.1) is 10.2 Å². The van der Waals surface area contributed by atoms with Gasteiger partial charge in [-0.2, -0.15) is 5.10 Å². The molecule has 11 heteroatoms. The average molecular weight is 544 g/mol. The SMILES string of the molecule is CCCCOc1ccc(C(=O)Oc2ccc(C=NNC(=O)C(=O)Nc3nnc(-c4ccccc4)s3)cc2)cc1. The maximum absolute atomic E-state index is 12.4. The van der Waals surface area contributed by atoms with E-state index in [1.165, 1.54) is 6.21 Å². The van der Waals surface area contributed by atoms with E-state index in [2.05, 4.69) is 33.0 Å². The van der Waals surface area contributed by atoms with Crippen LogP contribution in [0, 0.1) is 0 Å². The number of rotatable bonds is 10. The van der Waals surface area contributed by atoms with E-state index in [-0.39, 0.29) is 5.13 Å². The minimum Gasteiger partial charge on any atom is -0.494 e. The number of aromatic nitrogens is 2. The monoisotopic (exact) mass is 543 g/mol. The van der Waals surface area contributed by atoms with Gasteiger partial charge in [-0.25, -0.2) is 10.2 Å². The van der Waals surface area contributed by atoms with E-state index in [0.29, 0.717) is 34.2 Å². The fraction of sp³-hybridized carbons (Fsp3) is 0.143. The third-order valence-corrected chi connectivity index (χ3v) is 6.09. The molecule has 2 N–H and O–H groups in total. The Hall–Kier alpha value is -4.90. The highest BCUT2D eigenvalue weighted by molar-refractivity contribution is 7.18. The predicted molar refractivity (Wildman–Crippen MR) is 148 cm³/mol. The maximum Gasteiger partial charge on any atom is 0.343 e. The first-order valence-electron chi connectivity index (χ1n) is 12.1. The van der Waals surface area contributed by atoms with Gasteiger partial charge in [0.25, 0.3) is 0 Å². The molecule has 2 amide bonds. The summed E-state index contributed by atoms with van der Waals surface area (Å²) in [6, 6.07) is 22.6. The molecule has 0 atom stereocenters. The van der Waals surface area contributed by atoms with Gasteiger partial charge in [-0.05, 0) is 60.5 Å². The van der Waals surface area contributed by atoms with E-state index in [0.717, 1.165) is 29.7 Å². The predicted octanol–water partition coefficient (Wildman–Crippen LogP) is 4.69. The number of esters is 1. The molecule has 0 saturated heterocycles. The van der Waals surface area contributed by atoms with Gasteiger partial charge in [0.1, 0.15) is 16.5 Å². The van der Waals surface area contributed by atoms with Crippen molar-refractivity contribution in [1.29, 1.82) is 0 Å². The average Bonchev–Trinajstić information content (AvgIpc) is 3.43. The number of hydrogen-bond donors (Lipinski definition) is 2. The summed E-state index contributed by atoms with van der Waals surface area (Å²) < 4.78 is 11.0. The Labute approximate surface area is 228 Å². The number of benzene rings is 3. The van der Waals surface area contributed by atoms with Crippen LogP contribution in [-0.2, 0) is 9.59 Å². The lowest BCUT2D eigenvalue weighted by Crippen LogP contribution is -2.32. The zero-order chi connectivity index (χ0) is 27.5. The van der Waals surface area contributed by atoms with Crippen LogP contribution < -0.4 is 20.2 Å². The number of amides is 2. The molecule has 39 heavy (non-hydrogen) atoms. The topological polar surface area (TPSA) is 132 Å². The number of carbonyl (C=O) groups excluding carboxylic acids is 3. The molecule has 0 aliphatic carbocycles. The van der Waals surface area contributed by atoms with Crippen molar-refractivity contribution in [2.24, 2.45) is 5.10 Å². The lowest BCUT2D eigenvalue weighted by atomic mass is 10.2. The minimum absolute atomic E-state index is 0.194. The molecule has 1 aromatic heterocycles. The van der Waals surface area contributed by atoms with Crippen molar-refractivity contribution >= 4 is 40.5 Å². The quantitative estimate of drug-likeness (QED) is 0.0740. The van der Waals surface area contributed by atoms with Gasteiger partial charge in [-0.3, -0.25) is 14.9 Å². The van der Waals surface area contributed by atoms with Crippen molar-refractivity contribution in [3.05, 3.63) is 90.0 Å². The number of carbonyl (C=O) groups is 3. The van der Waals surface area contributed by atoms with E-state index in [4.69, 9.17) is 9.47 Å². The zero-order valence-corrected chi connectivity index (χ0v) is 21.8. The van der Waals surface area contributed by atoms with Crippen molar-refractivity contribution in [2.75, 3.05) is 11.9 Å². The van der Waals surface area contributed by atoms with Gasteiger partial charge in [0, 0.05) is 5.56 Å². The molecule has 4 aromatic rings. The van der Waals surface area contributed by atoms with Crippen molar-refractivity contribution in [3.63, 3.8) is 0 Å². The molecule has 198 valence electrons. The van der Waals surface area contributed by atoms with Crippen molar-refractivity contribution in [3.8, 4) is 22.1 Å². The lowest BCUT2D eigenvalue weighted by molar-refractivity contribution is -0.136. The Balaban J connectivity index is 1.23. The number of nitrogens with one attached hydrogen (secondary N) is 2. The first-order valence-corrected chi connectivity index (χ1v) is 12.9. The Kier molecular flexibility index (Phi) is 9.46. The van der Waals surface area contributed by atoms with Crippen LogP contribution in [0.1, 0.15) is 35.7 Å². The van der Waals surface area contributed by atoms with Gasteiger partial charge in [0.15, 0.2) is 0 Å². The summed E-state index contributed by atoms with van der Waals surface area (Å²) in [5, 5.41) is 14.9. The second kappa shape index (κ2) is 13.6. The second-order valence-corrected chi connectivity index (χ2v) is 9.09. The second-order valence-electron chi connectivity index (χ2n) is 8.12. The van der Waals surface area contributed by atoms with Crippen LogP contribution >= 0.6 is 11.3 Å². The number of hydrogen-bond acceptors (Lipinski definition) is 9. The highest BCUT2D eigenvalue weighted by Crippen LogP contribution is 2.25. The van der Waals surface area contributed by atoms with Crippen LogP contribution in [0.15, 0.2) is 84.0 Å². The fourth-order valence-electron chi connectivity index (χ4n) is 3.15. The fourth-order valence-corrected chi connectivity index (χ4v) is 3.89. The van der Waals surface area contributed by atoms with Crippen molar-refractivity contribution in [1.82, 2.24) is 15.6 Å². The molecule has 0 bridgehead atoms. The highest BCUT2D eigenvalue weighted by atomic mass is 32.1. The molecule has 0 saturated carbocycles. The standard InChI is InChI=1S/C28H25N5O5S/c1-2-3-17-37-22-15-11-21(12-16-22)27(36)38-23-13-9-19(10-14-23)18-29-31-25(35)24(34)30-28-33-32-26(39-28)20-7-5-4-6-8-20/h4-16,18H,2-3,17H2,1H3,(H,31,35)(H,30,33,34). The van der Waals surface area contributed by atoms with Crippen LogP contribution in [0.2, 0.25) is 0 Å². The molecule has 0 aliphatic heterocycles. The van der Waals surface area contributed by atoms with Crippen LogP contribution in [0.3, 0.4) is 0 Å². The molecule has 0 fully saturated rings. The van der Waals surface area contributed by atoms with Gasteiger partial charge < -0.3 is 9.47 Å². The summed E-state index contributed by atoms with van der Waals surface area (Å²) in [6.45, 7) is 2.72. The van der Waals surface area contributed by atoms with Gasteiger partial charge in [0.05, 0.1) is 18.4 Å². The Morgan fingerprint density at radius 3 is 2.33 bits per heavy atom. The molecular weight excluding hydrogens is 518 g/mol. The molecule has 0 radical (unpaired) electrons. The van der Waals surface area contributed by atoms with Gasteiger partial charge >= 0.3 is 17.8 Å².